The number of pyridine rings is 1. The van der Waals surface area contributed by atoms with Crippen LogP contribution in [0.4, 0.5) is 11.5 Å². The minimum Gasteiger partial charge on any atom is -0.396 e. The molecule has 1 aromatic rings. The monoisotopic (exact) mass is 197 g/mol. The van der Waals surface area contributed by atoms with E-state index < -0.39 is 0 Å². The zero-order valence-electron chi connectivity index (χ0n) is 8.10. The van der Waals surface area contributed by atoms with Gasteiger partial charge in [-0.15, -0.1) is 0 Å². The van der Waals surface area contributed by atoms with Gasteiger partial charge in [0.15, 0.2) is 0 Å². The van der Waals surface area contributed by atoms with Crippen molar-refractivity contribution in [3.63, 3.8) is 0 Å². The summed E-state index contributed by atoms with van der Waals surface area (Å²) in [5.41, 5.74) is 6.23. The highest BCUT2D eigenvalue weighted by Crippen LogP contribution is 2.13. The van der Waals surface area contributed by atoms with Crippen LogP contribution in [0, 0.1) is 0 Å². The molecular weight excluding hydrogens is 182 g/mol. The fourth-order valence-electron chi connectivity index (χ4n) is 1.07. The van der Waals surface area contributed by atoms with Crippen LogP contribution in [-0.4, -0.2) is 36.5 Å². The summed E-state index contributed by atoms with van der Waals surface area (Å²) < 4.78 is 4.92. The highest BCUT2D eigenvalue weighted by atomic mass is 16.5. The van der Waals surface area contributed by atoms with Crippen molar-refractivity contribution in [2.24, 2.45) is 0 Å². The number of aromatic nitrogens is 1. The zero-order valence-corrected chi connectivity index (χ0v) is 8.10. The first-order valence-electron chi connectivity index (χ1n) is 4.34. The van der Waals surface area contributed by atoms with E-state index in [0.717, 1.165) is 0 Å². The average molecular weight is 197 g/mol. The van der Waals surface area contributed by atoms with E-state index in [9.17, 15) is 0 Å². The number of nitrogen functional groups attached to an aromatic ring is 1. The van der Waals surface area contributed by atoms with E-state index in [1.54, 1.807) is 25.4 Å². The highest BCUT2D eigenvalue weighted by molar-refractivity contribution is 5.60. The van der Waals surface area contributed by atoms with Crippen molar-refractivity contribution in [3.8, 4) is 0 Å². The number of hydrogen-bond acceptors (Lipinski definition) is 5. The quantitative estimate of drug-likeness (QED) is 0.623. The van der Waals surface area contributed by atoms with Crippen LogP contribution in [0.25, 0.3) is 0 Å². The van der Waals surface area contributed by atoms with Crippen LogP contribution in [0.15, 0.2) is 18.3 Å². The Hall–Kier alpha value is -1.33. The maximum atomic E-state index is 9.00. The molecule has 78 valence electrons. The van der Waals surface area contributed by atoms with Crippen molar-refractivity contribution in [2.45, 2.75) is 6.04 Å². The molecule has 5 heteroatoms. The molecule has 0 aliphatic heterocycles. The predicted octanol–water partition coefficient (Wildman–Crippen LogP) is 0.0830. The zero-order chi connectivity index (χ0) is 10.4. The molecule has 4 N–H and O–H groups in total. The number of ether oxygens (including phenoxy) is 1. The molecular formula is C9H15N3O2. The second-order valence-electron chi connectivity index (χ2n) is 2.92. The van der Waals surface area contributed by atoms with Gasteiger partial charge in [-0.25, -0.2) is 4.98 Å². The number of nitrogens with two attached hydrogens (primary N) is 1. The van der Waals surface area contributed by atoms with Crippen molar-refractivity contribution < 1.29 is 9.84 Å². The molecule has 1 atom stereocenters. The van der Waals surface area contributed by atoms with Gasteiger partial charge in [-0.2, -0.15) is 0 Å². The minimum atomic E-state index is -0.183. The van der Waals surface area contributed by atoms with Crippen LogP contribution in [0.5, 0.6) is 0 Å². The van der Waals surface area contributed by atoms with Gasteiger partial charge in [-0.3, -0.25) is 0 Å². The lowest BCUT2D eigenvalue weighted by atomic mass is 10.3. The van der Waals surface area contributed by atoms with Crippen LogP contribution in [0.3, 0.4) is 0 Å². The molecule has 0 fully saturated rings. The van der Waals surface area contributed by atoms with Crippen LogP contribution in [0.1, 0.15) is 0 Å². The first-order valence-corrected chi connectivity index (χ1v) is 4.34. The van der Waals surface area contributed by atoms with E-state index in [1.165, 1.54) is 0 Å². The lowest BCUT2D eigenvalue weighted by molar-refractivity contribution is 0.153. The summed E-state index contributed by atoms with van der Waals surface area (Å²) in [6.07, 6.45) is 1.64. The summed E-state index contributed by atoms with van der Waals surface area (Å²) >= 11 is 0. The average Bonchev–Trinajstić information content (AvgIpc) is 2.20. The number of nitrogens with one attached hydrogen (secondary N) is 1. The van der Waals surface area contributed by atoms with E-state index in [1.807, 2.05) is 0 Å². The van der Waals surface area contributed by atoms with Gasteiger partial charge < -0.3 is 20.9 Å². The third kappa shape index (κ3) is 2.86. The van der Waals surface area contributed by atoms with E-state index in [0.29, 0.717) is 18.1 Å². The standard InChI is InChI=1S/C9H15N3O2/c1-14-6-7(5-13)12-9-8(10)3-2-4-11-9/h2-4,7,13H,5-6,10H2,1H3,(H,11,12). The lowest BCUT2D eigenvalue weighted by Gasteiger charge is -2.16. The van der Waals surface area contributed by atoms with Gasteiger partial charge in [0.2, 0.25) is 0 Å². The number of aliphatic hydroxyl groups excluding tert-OH is 1. The number of rotatable bonds is 5. The van der Waals surface area contributed by atoms with E-state index in [2.05, 4.69) is 10.3 Å². The smallest absolute Gasteiger partial charge is 0.149 e. The third-order valence-corrected chi connectivity index (χ3v) is 1.77. The van der Waals surface area contributed by atoms with Crippen molar-refractivity contribution >= 4 is 11.5 Å². The first kappa shape index (κ1) is 10.7. The molecule has 5 nitrogen and oxygen atoms in total. The van der Waals surface area contributed by atoms with Gasteiger partial charge in [-0.1, -0.05) is 0 Å². The number of aliphatic hydroxyl groups is 1. The Morgan fingerprint density at radius 1 is 1.71 bits per heavy atom. The molecule has 0 aliphatic carbocycles. The Morgan fingerprint density at radius 3 is 3.07 bits per heavy atom. The number of methoxy groups -OCH3 is 1. The SMILES string of the molecule is COCC(CO)Nc1ncccc1N. The molecule has 1 heterocycles. The van der Waals surface area contributed by atoms with Gasteiger partial charge >= 0.3 is 0 Å². The number of nitrogens with zero attached hydrogens (tertiary/aromatic N) is 1. The Labute approximate surface area is 82.9 Å². The fraction of sp³-hybridized carbons (Fsp3) is 0.444. The summed E-state index contributed by atoms with van der Waals surface area (Å²) in [5, 5.41) is 12.0. The Bertz CT molecular complexity index is 281. The van der Waals surface area contributed by atoms with Crippen LogP contribution < -0.4 is 11.1 Å². The van der Waals surface area contributed by atoms with Gasteiger partial charge in [0.25, 0.3) is 0 Å². The van der Waals surface area contributed by atoms with Crippen LogP contribution in [-0.2, 0) is 4.74 Å². The Balaban J connectivity index is 2.62. The maximum Gasteiger partial charge on any atom is 0.149 e. The topological polar surface area (TPSA) is 80.4 Å². The molecule has 0 spiro atoms. The Kier molecular flexibility index (Phi) is 4.15. The molecule has 0 bridgehead atoms. The summed E-state index contributed by atoms with van der Waals surface area (Å²) in [4.78, 5) is 4.05. The molecule has 1 rings (SSSR count). The molecule has 1 aromatic heterocycles. The lowest BCUT2D eigenvalue weighted by Crippen LogP contribution is -2.29. The second kappa shape index (κ2) is 5.41. The van der Waals surface area contributed by atoms with Gasteiger partial charge in [0.05, 0.1) is 24.9 Å². The third-order valence-electron chi connectivity index (χ3n) is 1.77. The van der Waals surface area contributed by atoms with E-state index in [4.69, 9.17) is 15.6 Å². The second-order valence-corrected chi connectivity index (χ2v) is 2.92. The van der Waals surface area contributed by atoms with Crippen molar-refractivity contribution in [3.05, 3.63) is 18.3 Å². The number of hydrogen-bond donors (Lipinski definition) is 3. The largest absolute Gasteiger partial charge is 0.396 e. The van der Waals surface area contributed by atoms with Crippen LogP contribution >= 0.6 is 0 Å². The molecule has 0 saturated heterocycles. The summed E-state index contributed by atoms with van der Waals surface area (Å²) in [6, 6.07) is 3.32. The highest BCUT2D eigenvalue weighted by Gasteiger charge is 2.08. The number of anilines is 2. The Morgan fingerprint density at radius 2 is 2.50 bits per heavy atom. The van der Waals surface area contributed by atoms with Gasteiger partial charge in [0, 0.05) is 13.3 Å². The van der Waals surface area contributed by atoms with Crippen molar-refractivity contribution in [1.29, 1.82) is 0 Å². The predicted molar refractivity (Wildman–Crippen MR) is 55.0 cm³/mol. The van der Waals surface area contributed by atoms with Crippen molar-refractivity contribution in [2.75, 3.05) is 31.4 Å². The van der Waals surface area contributed by atoms with Crippen LogP contribution in [0.2, 0.25) is 0 Å². The molecule has 0 saturated carbocycles. The normalized spacial score (nSPS) is 12.4. The molecule has 0 aliphatic rings. The summed E-state index contributed by atoms with van der Waals surface area (Å²) in [6.45, 7) is 0.385. The molecule has 0 amide bonds. The van der Waals surface area contributed by atoms with E-state index >= 15 is 0 Å². The van der Waals surface area contributed by atoms with E-state index in [-0.39, 0.29) is 12.6 Å². The van der Waals surface area contributed by atoms with Crippen molar-refractivity contribution in [1.82, 2.24) is 4.98 Å². The molecule has 0 radical (unpaired) electrons. The molecule has 1 unspecified atom stereocenters. The minimum absolute atomic E-state index is 0.0240. The maximum absolute atomic E-state index is 9.00. The summed E-state index contributed by atoms with van der Waals surface area (Å²) in [5.74, 6) is 0.573. The first-order chi connectivity index (χ1) is 6.77. The summed E-state index contributed by atoms with van der Waals surface area (Å²) in [7, 11) is 1.58. The van der Waals surface area contributed by atoms with Gasteiger partial charge in [0.1, 0.15) is 5.82 Å². The van der Waals surface area contributed by atoms with Gasteiger partial charge in [-0.05, 0) is 12.1 Å². The fourth-order valence-corrected chi connectivity index (χ4v) is 1.07. The molecule has 14 heavy (non-hydrogen) atoms. The molecule has 0 aromatic carbocycles.